The smallest absolute Gasteiger partial charge is 0.335 e. The molecule has 0 fully saturated rings. The molecule has 0 atom stereocenters. The van der Waals surface area contributed by atoms with Gasteiger partial charge < -0.3 is 9.84 Å². The van der Waals surface area contributed by atoms with Crippen LogP contribution < -0.4 is 4.74 Å². The SMILES string of the molecule is CC(C)c1c(Oc2ccc(C(=O)O)cc2F)nc2cc3[nH]ncc3cc2c1-c1ccc(F)cc1. The fraction of sp³-hybridized carbons (Fsp3) is 0.115. The lowest BCUT2D eigenvalue weighted by Gasteiger charge is -2.20. The summed E-state index contributed by atoms with van der Waals surface area (Å²) in [6.45, 7) is 3.92. The number of carboxylic acid groups (broad SMARTS) is 1. The Morgan fingerprint density at radius 3 is 2.50 bits per heavy atom. The van der Waals surface area contributed by atoms with Crippen LogP contribution >= 0.6 is 0 Å². The minimum absolute atomic E-state index is 0.0895. The van der Waals surface area contributed by atoms with Crippen molar-refractivity contribution in [1.29, 1.82) is 0 Å². The molecule has 0 bridgehead atoms. The largest absolute Gasteiger partial charge is 0.478 e. The lowest BCUT2D eigenvalue weighted by Crippen LogP contribution is -2.03. The van der Waals surface area contributed by atoms with Gasteiger partial charge in [0.15, 0.2) is 11.6 Å². The third-order valence-corrected chi connectivity index (χ3v) is 5.64. The molecule has 0 amide bonds. The number of nitrogens with zero attached hydrogens (tertiary/aromatic N) is 2. The average Bonchev–Trinajstić information content (AvgIpc) is 3.26. The van der Waals surface area contributed by atoms with Crippen LogP contribution in [0.4, 0.5) is 8.78 Å². The van der Waals surface area contributed by atoms with Gasteiger partial charge in [0, 0.05) is 16.3 Å². The molecular formula is C26H19F2N3O3. The summed E-state index contributed by atoms with van der Waals surface area (Å²) >= 11 is 0. The van der Waals surface area contributed by atoms with Crippen LogP contribution in [0.5, 0.6) is 11.6 Å². The molecule has 5 aromatic rings. The number of H-pyrrole nitrogens is 1. The molecule has 2 aromatic heterocycles. The zero-order valence-electron chi connectivity index (χ0n) is 18.3. The van der Waals surface area contributed by atoms with Crippen molar-refractivity contribution < 1.29 is 23.4 Å². The maximum absolute atomic E-state index is 14.7. The summed E-state index contributed by atoms with van der Waals surface area (Å²) in [6.07, 6.45) is 1.71. The highest BCUT2D eigenvalue weighted by Gasteiger charge is 2.23. The van der Waals surface area contributed by atoms with Gasteiger partial charge in [0.1, 0.15) is 5.82 Å². The van der Waals surface area contributed by atoms with Crippen LogP contribution in [-0.2, 0) is 0 Å². The Morgan fingerprint density at radius 1 is 1.06 bits per heavy atom. The normalized spacial score (nSPS) is 11.4. The summed E-state index contributed by atoms with van der Waals surface area (Å²) in [5, 5.41) is 17.8. The molecule has 34 heavy (non-hydrogen) atoms. The van der Waals surface area contributed by atoms with Crippen LogP contribution in [0.15, 0.2) is 60.8 Å². The van der Waals surface area contributed by atoms with E-state index in [1.165, 1.54) is 24.3 Å². The Hall–Kier alpha value is -4.33. The molecule has 6 nitrogen and oxygen atoms in total. The Morgan fingerprint density at radius 2 is 1.82 bits per heavy atom. The molecule has 0 saturated heterocycles. The number of halogens is 2. The standard InChI is InChI=1S/C26H19F2N3O3/c1-13(2)23-24(14-3-6-17(27)7-4-14)18-9-16-12-29-31-20(16)11-21(18)30-25(23)34-22-8-5-15(26(32)33)10-19(22)28/h3-13H,1-2H3,(H,29,31)(H,32,33). The Kier molecular flexibility index (Phi) is 5.20. The number of benzene rings is 3. The zero-order chi connectivity index (χ0) is 24.0. The van der Waals surface area contributed by atoms with Crippen molar-refractivity contribution in [3.8, 4) is 22.8 Å². The molecule has 0 radical (unpaired) electrons. The molecule has 8 heteroatoms. The highest BCUT2D eigenvalue weighted by Crippen LogP contribution is 2.43. The number of hydrogen-bond acceptors (Lipinski definition) is 4. The number of aromatic amines is 1. The third kappa shape index (κ3) is 3.73. The summed E-state index contributed by atoms with van der Waals surface area (Å²) < 4.78 is 34.4. The number of carbonyl (C=O) groups is 1. The number of aromatic nitrogens is 3. The van der Waals surface area contributed by atoms with Crippen molar-refractivity contribution in [2.45, 2.75) is 19.8 Å². The lowest BCUT2D eigenvalue weighted by molar-refractivity contribution is 0.0696. The van der Waals surface area contributed by atoms with E-state index in [1.807, 2.05) is 26.0 Å². The first-order valence-corrected chi connectivity index (χ1v) is 10.6. The second-order valence-electron chi connectivity index (χ2n) is 8.25. The number of ether oxygens (including phenoxy) is 1. The number of carboxylic acids is 1. The highest BCUT2D eigenvalue weighted by molar-refractivity contribution is 6.04. The molecule has 2 heterocycles. The van der Waals surface area contributed by atoms with E-state index in [-0.39, 0.29) is 28.9 Å². The second kappa shape index (κ2) is 8.22. The average molecular weight is 459 g/mol. The molecule has 5 rings (SSSR count). The van der Waals surface area contributed by atoms with Gasteiger partial charge in [-0.3, -0.25) is 5.10 Å². The van der Waals surface area contributed by atoms with Crippen molar-refractivity contribution >= 4 is 27.8 Å². The Balaban J connectivity index is 1.79. The molecule has 3 aromatic carbocycles. The first-order chi connectivity index (χ1) is 16.3. The van der Waals surface area contributed by atoms with Gasteiger partial charge in [-0.1, -0.05) is 26.0 Å². The minimum atomic E-state index is -1.24. The molecule has 0 saturated carbocycles. The van der Waals surface area contributed by atoms with E-state index in [0.29, 0.717) is 11.1 Å². The number of hydrogen-bond donors (Lipinski definition) is 2. The molecule has 2 N–H and O–H groups in total. The molecule has 0 aliphatic carbocycles. The van der Waals surface area contributed by atoms with E-state index < -0.39 is 11.8 Å². The van der Waals surface area contributed by atoms with E-state index in [2.05, 4.69) is 10.2 Å². The van der Waals surface area contributed by atoms with Gasteiger partial charge in [0.25, 0.3) is 0 Å². The molecule has 0 aliphatic heterocycles. The number of nitrogens with one attached hydrogen (secondary N) is 1. The zero-order valence-corrected chi connectivity index (χ0v) is 18.3. The first-order valence-electron chi connectivity index (χ1n) is 10.6. The number of pyridine rings is 1. The maximum atomic E-state index is 14.7. The molecule has 0 aliphatic rings. The maximum Gasteiger partial charge on any atom is 0.335 e. The Bertz CT molecular complexity index is 1560. The number of fused-ring (bicyclic) bond motifs is 2. The van der Waals surface area contributed by atoms with Crippen LogP contribution in [-0.4, -0.2) is 26.3 Å². The summed E-state index contributed by atoms with van der Waals surface area (Å²) in [5.74, 6) is -2.46. The van der Waals surface area contributed by atoms with Gasteiger partial charge in [-0.2, -0.15) is 5.10 Å². The van der Waals surface area contributed by atoms with Gasteiger partial charge in [0.2, 0.25) is 5.88 Å². The van der Waals surface area contributed by atoms with Gasteiger partial charge in [-0.25, -0.2) is 18.6 Å². The third-order valence-electron chi connectivity index (χ3n) is 5.64. The summed E-state index contributed by atoms with van der Waals surface area (Å²) in [7, 11) is 0. The summed E-state index contributed by atoms with van der Waals surface area (Å²) in [5.41, 5.74) is 3.42. The number of aromatic carboxylic acids is 1. The van der Waals surface area contributed by atoms with E-state index in [9.17, 15) is 13.6 Å². The molecule has 0 unspecified atom stereocenters. The topological polar surface area (TPSA) is 88.1 Å². The Labute approximate surface area is 192 Å². The van der Waals surface area contributed by atoms with Crippen molar-refractivity contribution in [3.63, 3.8) is 0 Å². The van der Waals surface area contributed by atoms with Crippen LogP contribution in [0.2, 0.25) is 0 Å². The van der Waals surface area contributed by atoms with Crippen molar-refractivity contribution in [1.82, 2.24) is 15.2 Å². The predicted molar refractivity (Wildman–Crippen MR) is 124 cm³/mol. The molecule has 0 spiro atoms. The van der Waals surface area contributed by atoms with Gasteiger partial charge >= 0.3 is 5.97 Å². The van der Waals surface area contributed by atoms with Crippen molar-refractivity contribution in [2.75, 3.05) is 0 Å². The fourth-order valence-electron chi connectivity index (χ4n) is 4.06. The van der Waals surface area contributed by atoms with Gasteiger partial charge in [-0.05, 0) is 59.5 Å². The van der Waals surface area contributed by atoms with Crippen molar-refractivity contribution in [3.05, 3.63) is 83.6 Å². The van der Waals surface area contributed by atoms with Gasteiger partial charge in [-0.15, -0.1) is 0 Å². The highest BCUT2D eigenvalue weighted by atomic mass is 19.1. The minimum Gasteiger partial charge on any atom is -0.478 e. The van der Waals surface area contributed by atoms with E-state index in [4.69, 9.17) is 14.8 Å². The summed E-state index contributed by atoms with van der Waals surface area (Å²) in [4.78, 5) is 15.9. The van der Waals surface area contributed by atoms with Crippen molar-refractivity contribution in [2.24, 2.45) is 0 Å². The van der Waals surface area contributed by atoms with E-state index in [1.54, 1.807) is 18.3 Å². The van der Waals surface area contributed by atoms with Crippen LogP contribution in [0, 0.1) is 11.6 Å². The fourth-order valence-corrected chi connectivity index (χ4v) is 4.06. The lowest BCUT2D eigenvalue weighted by atomic mass is 9.90. The van der Waals surface area contributed by atoms with E-state index in [0.717, 1.165) is 33.5 Å². The molecule has 170 valence electrons. The monoisotopic (exact) mass is 459 g/mol. The quantitative estimate of drug-likeness (QED) is 0.306. The molecular weight excluding hydrogens is 440 g/mol. The number of rotatable bonds is 5. The van der Waals surface area contributed by atoms with Crippen LogP contribution in [0.3, 0.4) is 0 Å². The second-order valence-corrected chi connectivity index (χ2v) is 8.25. The van der Waals surface area contributed by atoms with Crippen LogP contribution in [0.25, 0.3) is 32.9 Å². The first kappa shape index (κ1) is 21.5. The van der Waals surface area contributed by atoms with Gasteiger partial charge in [0.05, 0.1) is 22.8 Å². The van der Waals surface area contributed by atoms with E-state index >= 15 is 0 Å². The summed E-state index contributed by atoms with van der Waals surface area (Å²) in [6, 6.07) is 13.4. The predicted octanol–water partition coefficient (Wildman–Crippen LogP) is 6.67. The van der Waals surface area contributed by atoms with Crippen LogP contribution in [0.1, 0.15) is 35.7 Å².